The molecule has 0 bridgehead atoms. The van der Waals surface area contributed by atoms with Crippen molar-refractivity contribution in [3.63, 3.8) is 0 Å². The molecule has 3 fully saturated rings. The van der Waals surface area contributed by atoms with Gasteiger partial charge in [-0.2, -0.15) is 9.19 Å². The summed E-state index contributed by atoms with van der Waals surface area (Å²) in [5, 5.41) is 20.0. The number of hydrogen-bond acceptors (Lipinski definition) is 11. The number of aliphatic hydroxyl groups is 1. The van der Waals surface area contributed by atoms with Gasteiger partial charge in [-0.3, -0.25) is 0 Å². The van der Waals surface area contributed by atoms with E-state index in [0.717, 1.165) is 47.6 Å². The molecular formula is C30H38N8O5S2. The highest BCUT2D eigenvalue weighted by Crippen LogP contribution is 2.31. The predicted molar refractivity (Wildman–Crippen MR) is 171 cm³/mol. The molecule has 0 amide bonds. The topological polar surface area (TPSA) is 172 Å². The summed E-state index contributed by atoms with van der Waals surface area (Å²) in [5.41, 5.74) is 2.01. The van der Waals surface area contributed by atoms with Gasteiger partial charge in [0, 0.05) is 50.6 Å². The van der Waals surface area contributed by atoms with Crippen LogP contribution in [-0.2, 0) is 20.0 Å². The minimum absolute atomic E-state index is 0.0535. The largest absolute Gasteiger partial charge is 0.396 e. The highest BCUT2D eigenvalue weighted by Gasteiger charge is 2.37. The van der Waals surface area contributed by atoms with Crippen LogP contribution in [0.4, 0.5) is 17.3 Å². The van der Waals surface area contributed by atoms with E-state index in [1.165, 1.54) is 23.0 Å². The molecule has 1 unspecified atom stereocenters. The minimum Gasteiger partial charge on any atom is -0.396 e. The van der Waals surface area contributed by atoms with Crippen molar-refractivity contribution in [1.82, 2.24) is 28.4 Å². The van der Waals surface area contributed by atoms with Gasteiger partial charge in [0.2, 0.25) is 10.0 Å². The Morgan fingerprint density at radius 1 is 1.00 bits per heavy atom. The van der Waals surface area contributed by atoms with Gasteiger partial charge in [-0.25, -0.2) is 36.1 Å². The molecule has 3 aromatic heterocycles. The number of pyridine rings is 1. The third-order valence-electron chi connectivity index (χ3n) is 8.68. The van der Waals surface area contributed by atoms with Gasteiger partial charge in [0.15, 0.2) is 5.82 Å². The second kappa shape index (κ2) is 13.0. The van der Waals surface area contributed by atoms with E-state index in [2.05, 4.69) is 42.5 Å². The normalized spacial score (nSPS) is 22.5. The van der Waals surface area contributed by atoms with Gasteiger partial charge in [-0.15, -0.1) is 0 Å². The van der Waals surface area contributed by atoms with E-state index >= 15 is 0 Å². The number of aliphatic hydroxyl groups excluding tert-OH is 1. The lowest BCUT2D eigenvalue weighted by Gasteiger charge is -2.27. The number of rotatable bonds is 10. The zero-order valence-electron chi connectivity index (χ0n) is 25.1. The highest BCUT2D eigenvalue weighted by atomic mass is 32.2. The Balaban J connectivity index is 1.19. The molecule has 0 aromatic carbocycles. The van der Waals surface area contributed by atoms with Crippen LogP contribution in [0, 0.1) is 29.6 Å². The molecule has 0 radical (unpaired) electrons. The average molecular weight is 655 g/mol. The van der Waals surface area contributed by atoms with Gasteiger partial charge in [-0.1, -0.05) is 11.8 Å². The second-order valence-corrected chi connectivity index (χ2v) is 16.2. The first kappa shape index (κ1) is 31.4. The maximum Gasteiger partial charge on any atom is 0.256 e. The molecule has 0 spiro atoms. The van der Waals surface area contributed by atoms with Crippen LogP contribution in [0.25, 0.3) is 11.4 Å². The molecule has 3 aromatic rings. The smallest absolute Gasteiger partial charge is 0.256 e. The fourth-order valence-electron chi connectivity index (χ4n) is 5.75. The number of nitrogens with zero attached hydrogens (tertiary/aromatic N) is 6. The standard InChI is InChI=1S/C30H38N8O5S2/c1-44(40,41)37-13-11-22(18-37)6-7-24-16-33-29(14-27(24)32-15-21-2-4-23(20-39)5-3-21)35-28-10-12-31-30(36-28)25-17-34-38(19-25)45(42,43)26-8-9-26/h10,12,14,16-17,19,21-23,26,39H,2-5,8-9,11,13,15,18,20H2,1H3,(H2,31,32,33,35,36). The van der Waals surface area contributed by atoms with Crippen LogP contribution >= 0.6 is 0 Å². The lowest BCUT2D eigenvalue weighted by Crippen LogP contribution is -2.27. The van der Waals surface area contributed by atoms with Crippen LogP contribution in [0.3, 0.4) is 0 Å². The zero-order valence-corrected chi connectivity index (χ0v) is 26.8. The molecule has 13 nitrogen and oxygen atoms in total. The molecule has 240 valence electrons. The second-order valence-electron chi connectivity index (χ2n) is 12.2. The Bertz CT molecular complexity index is 1810. The first-order valence-corrected chi connectivity index (χ1v) is 18.6. The molecule has 15 heteroatoms. The summed E-state index contributed by atoms with van der Waals surface area (Å²) in [6, 6.07) is 3.58. The molecule has 2 saturated carbocycles. The van der Waals surface area contributed by atoms with Crippen LogP contribution < -0.4 is 10.6 Å². The van der Waals surface area contributed by atoms with Gasteiger partial charge in [0.05, 0.1) is 40.7 Å². The summed E-state index contributed by atoms with van der Waals surface area (Å²) in [6.07, 6.45) is 13.5. The Kier molecular flexibility index (Phi) is 9.10. The van der Waals surface area contributed by atoms with Crippen molar-refractivity contribution in [2.45, 2.75) is 50.2 Å². The first-order valence-electron chi connectivity index (χ1n) is 15.3. The van der Waals surface area contributed by atoms with E-state index in [4.69, 9.17) is 0 Å². The fraction of sp³-hybridized carbons (Fsp3) is 0.533. The Labute approximate surface area is 264 Å². The van der Waals surface area contributed by atoms with Crippen LogP contribution in [0.15, 0.2) is 36.9 Å². The van der Waals surface area contributed by atoms with Crippen LogP contribution in [0.2, 0.25) is 0 Å². The van der Waals surface area contributed by atoms with E-state index in [0.29, 0.717) is 67.2 Å². The highest BCUT2D eigenvalue weighted by molar-refractivity contribution is 7.90. The summed E-state index contributed by atoms with van der Waals surface area (Å²) >= 11 is 0. The third-order valence-corrected chi connectivity index (χ3v) is 12.0. The summed E-state index contributed by atoms with van der Waals surface area (Å²) < 4.78 is 51.4. The quantitative estimate of drug-likeness (QED) is 0.275. The first-order chi connectivity index (χ1) is 21.6. The van der Waals surface area contributed by atoms with Gasteiger partial charge < -0.3 is 15.7 Å². The van der Waals surface area contributed by atoms with Crippen LogP contribution in [0.5, 0.6) is 0 Å². The van der Waals surface area contributed by atoms with Gasteiger partial charge in [0.25, 0.3) is 10.0 Å². The molecule has 45 heavy (non-hydrogen) atoms. The lowest BCUT2D eigenvalue weighted by molar-refractivity contribution is 0.170. The molecule has 3 N–H and O–H groups in total. The fourth-order valence-corrected chi connectivity index (χ4v) is 8.11. The van der Waals surface area contributed by atoms with Crippen LogP contribution in [-0.4, -0.2) is 88.1 Å². The van der Waals surface area contributed by atoms with Crippen molar-refractivity contribution in [2.75, 3.05) is 43.1 Å². The van der Waals surface area contributed by atoms with Gasteiger partial charge in [0.1, 0.15) is 11.6 Å². The Hall–Kier alpha value is -3.58. The van der Waals surface area contributed by atoms with Crippen molar-refractivity contribution in [3.05, 3.63) is 42.5 Å². The maximum absolute atomic E-state index is 12.6. The zero-order chi connectivity index (χ0) is 31.6. The van der Waals surface area contributed by atoms with Crippen molar-refractivity contribution in [1.29, 1.82) is 0 Å². The maximum atomic E-state index is 12.6. The monoisotopic (exact) mass is 654 g/mol. The molecule has 1 saturated heterocycles. The number of hydrogen-bond donors (Lipinski definition) is 3. The van der Waals surface area contributed by atoms with E-state index < -0.39 is 20.0 Å². The van der Waals surface area contributed by atoms with Crippen LogP contribution in [0.1, 0.15) is 50.5 Å². The Morgan fingerprint density at radius 3 is 2.49 bits per heavy atom. The van der Waals surface area contributed by atoms with E-state index in [1.54, 1.807) is 18.5 Å². The number of sulfonamides is 1. The number of aromatic nitrogens is 5. The molecular weight excluding hydrogens is 617 g/mol. The number of nitrogens with one attached hydrogen (secondary N) is 2. The summed E-state index contributed by atoms with van der Waals surface area (Å²) in [6.45, 7) is 1.85. The van der Waals surface area contributed by atoms with Crippen molar-refractivity contribution >= 4 is 37.4 Å². The predicted octanol–water partition coefficient (Wildman–Crippen LogP) is 2.66. The van der Waals surface area contributed by atoms with E-state index in [9.17, 15) is 21.9 Å². The molecule has 1 aliphatic heterocycles. The van der Waals surface area contributed by atoms with Gasteiger partial charge in [-0.05, 0) is 62.8 Å². The Morgan fingerprint density at radius 2 is 1.78 bits per heavy atom. The molecule has 3 aliphatic rings. The molecule has 2 aliphatic carbocycles. The van der Waals surface area contributed by atoms with E-state index in [1.807, 2.05) is 6.07 Å². The van der Waals surface area contributed by atoms with Gasteiger partial charge >= 0.3 is 0 Å². The summed E-state index contributed by atoms with van der Waals surface area (Å²) in [4.78, 5) is 13.4. The van der Waals surface area contributed by atoms with Crippen molar-refractivity contribution in [2.24, 2.45) is 17.8 Å². The van der Waals surface area contributed by atoms with E-state index in [-0.39, 0.29) is 17.8 Å². The lowest BCUT2D eigenvalue weighted by atomic mass is 9.82. The third kappa shape index (κ3) is 7.63. The summed E-state index contributed by atoms with van der Waals surface area (Å²) in [5.74, 6) is 8.64. The molecule has 1 atom stereocenters. The molecule has 4 heterocycles. The van der Waals surface area contributed by atoms with Crippen molar-refractivity contribution in [3.8, 4) is 23.2 Å². The average Bonchev–Trinajstić information content (AvgIpc) is 3.57. The number of anilines is 3. The summed E-state index contributed by atoms with van der Waals surface area (Å²) in [7, 11) is -6.73. The SMILES string of the molecule is CS(=O)(=O)N1CCC(C#Cc2cnc(Nc3ccnc(-c4cnn(S(=O)(=O)C5CC5)c4)n3)cc2NCC2CCC(CO)CC2)C1. The van der Waals surface area contributed by atoms with Crippen molar-refractivity contribution < 1.29 is 21.9 Å². The minimum atomic E-state index is -3.49. The molecule has 6 rings (SSSR count).